The number of fused-ring (bicyclic) bond motifs is 1. The third kappa shape index (κ3) is 3.80. The summed E-state index contributed by atoms with van der Waals surface area (Å²) in [7, 11) is 0. The van der Waals surface area contributed by atoms with Gasteiger partial charge in [0.25, 0.3) is 5.56 Å². The highest BCUT2D eigenvalue weighted by molar-refractivity contribution is 7.17. The Hall–Kier alpha value is -3.25. The van der Waals surface area contributed by atoms with Crippen molar-refractivity contribution < 1.29 is 9.53 Å². The van der Waals surface area contributed by atoms with Crippen LogP contribution in [0.15, 0.2) is 70.8 Å². The number of hydrogen-bond donors (Lipinski definition) is 1. The lowest BCUT2D eigenvalue weighted by atomic mass is 10.1. The zero-order chi connectivity index (χ0) is 18.6. The van der Waals surface area contributed by atoms with Gasteiger partial charge in [-0.15, -0.1) is 11.3 Å². The van der Waals surface area contributed by atoms with Crippen molar-refractivity contribution >= 4 is 27.5 Å². The Morgan fingerprint density at radius 2 is 1.74 bits per heavy atom. The van der Waals surface area contributed by atoms with Crippen LogP contribution in [0.1, 0.15) is 11.4 Å². The van der Waals surface area contributed by atoms with E-state index in [-0.39, 0.29) is 24.6 Å². The summed E-state index contributed by atoms with van der Waals surface area (Å²) in [5.41, 5.74) is 2.48. The number of esters is 1. The first kappa shape index (κ1) is 17.2. The fourth-order valence-corrected chi connectivity index (χ4v) is 3.82. The zero-order valence-electron chi connectivity index (χ0n) is 14.3. The first-order chi connectivity index (χ1) is 13.2. The lowest BCUT2D eigenvalue weighted by molar-refractivity contribution is -0.144. The molecule has 5 nitrogen and oxygen atoms in total. The predicted molar refractivity (Wildman–Crippen MR) is 106 cm³/mol. The van der Waals surface area contributed by atoms with E-state index in [1.807, 2.05) is 66.0 Å². The number of benzene rings is 2. The van der Waals surface area contributed by atoms with Crippen LogP contribution in [0.25, 0.3) is 21.3 Å². The number of thiophene rings is 1. The number of nitrogens with one attached hydrogen (secondary N) is 1. The number of aromatic amines is 1. The Labute approximate surface area is 159 Å². The van der Waals surface area contributed by atoms with Crippen LogP contribution in [-0.2, 0) is 22.6 Å². The SMILES string of the molecule is O=C(Cc1ccccc1)OCc1nc2scc(-c3ccccc3)c2c(=O)[nH]1. The van der Waals surface area contributed by atoms with Crippen LogP contribution in [0.4, 0.5) is 0 Å². The van der Waals surface area contributed by atoms with Crippen molar-refractivity contribution in [3.63, 3.8) is 0 Å². The normalized spacial score (nSPS) is 10.8. The minimum atomic E-state index is -0.361. The third-order valence-corrected chi connectivity index (χ3v) is 5.01. The van der Waals surface area contributed by atoms with Crippen molar-refractivity contribution in [3.05, 3.63) is 87.8 Å². The molecule has 0 amide bonds. The number of aromatic nitrogens is 2. The lowest BCUT2D eigenvalue weighted by Gasteiger charge is -2.05. The number of H-pyrrole nitrogens is 1. The molecular weight excluding hydrogens is 360 g/mol. The average Bonchev–Trinajstić information content (AvgIpc) is 3.12. The van der Waals surface area contributed by atoms with Crippen molar-refractivity contribution in [2.75, 3.05) is 0 Å². The number of carbonyl (C=O) groups is 1. The largest absolute Gasteiger partial charge is 0.457 e. The van der Waals surface area contributed by atoms with Gasteiger partial charge in [-0.3, -0.25) is 9.59 Å². The molecule has 2 aromatic heterocycles. The number of hydrogen-bond acceptors (Lipinski definition) is 5. The molecule has 2 aromatic carbocycles. The fourth-order valence-electron chi connectivity index (χ4n) is 2.85. The summed E-state index contributed by atoms with van der Waals surface area (Å²) in [6, 6.07) is 19.1. The van der Waals surface area contributed by atoms with Crippen molar-refractivity contribution in [1.82, 2.24) is 9.97 Å². The van der Waals surface area contributed by atoms with Crippen LogP contribution in [-0.4, -0.2) is 15.9 Å². The molecule has 134 valence electrons. The zero-order valence-corrected chi connectivity index (χ0v) is 15.2. The number of carbonyl (C=O) groups excluding carboxylic acids is 1. The van der Waals surface area contributed by atoms with Crippen LogP contribution in [0, 0.1) is 0 Å². The van der Waals surface area contributed by atoms with E-state index < -0.39 is 0 Å². The van der Waals surface area contributed by atoms with Crippen LogP contribution < -0.4 is 5.56 Å². The molecule has 0 bridgehead atoms. The van der Waals surface area contributed by atoms with Crippen molar-refractivity contribution in [2.24, 2.45) is 0 Å². The van der Waals surface area contributed by atoms with Crippen LogP contribution in [0.2, 0.25) is 0 Å². The molecule has 0 radical (unpaired) electrons. The van der Waals surface area contributed by atoms with Crippen LogP contribution in [0.5, 0.6) is 0 Å². The molecule has 6 heteroatoms. The maximum Gasteiger partial charge on any atom is 0.310 e. The molecule has 27 heavy (non-hydrogen) atoms. The first-order valence-corrected chi connectivity index (χ1v) is 9.34. The minimum absolute atomic E-state index is 0.0601. The van der Waals surface area contributed by atoms with E-state index in [1.165, 1.54) is 11.3 Å². The second kappa shape index (κ2) is 7.55. The molecule has 4 aromatic rings. The summed E-state index contributed by atoms with van der Waals surface area (Å²) in [5.74, 6) is -0.0181. The van der Waals surface area contributed by atoms with Gasteiger partial charge in [0.15, 0.2) is 0 Å². The van der Waals surface area contributed by atoms with Gasteiger partial charge in [0, 0.05) is 10.9 Å². The molecule has 0 saturated heterocycles. The van der Waals surface area contributed by atoms with Crippen LogP contribution >= 0.6 is 11.3 Å². The molecule has 2 heterocycles. The molecule has 0 spiro atoms. The van der Waals surface area contributed by atoms with Gasteiger partial charge in [-0.05, 0) is 11.1 Å². The van der Waals surface area contributed by atoms with E-state index in [0.717, 1.165) is 16.7 Å². The topological polar surface area (TPSA) is 72.0 Å². The Kier molecular flexibility index (Phi) is 4.80. The molecule has 0 saturated carbocycles. The minimum Gasteiger partial charge on any atom is -0.457 e. The highest BCUT2D eigenvalue weighted by Gasteiger charge is 2.13. The molecule has 0 aliphatic heterocycles. The Bertz CT molecular complexity index is 1130. The van der Waals surface area contributed by atoms with Crippen LogP contribution in [0.3, 0.4) is 0 Å². The van der Waals surface area contributed by atoms with Gasteiger partial charge in [-0.25, -0.2) is 4.98 Å². The van der Waals surface area contributed by atoms with Gasteiger partial charge >= 0.3 is 5.97 Å². The van der Waals surface area contributed by atoms with E-state index in [0.29, 0.717) is 16.0 Å². The van der Waals surface area contributed by atoms with Gasteiger partial charge < -0.3 is 9.72 Å². The maximum absolute atomic E-state index is 12.6. The number of ether oxygens (including phenoxy) is 1. The van der Waals surface area contributed by atoms with E-state index in [1.54, 1.807) is 0 Å². The Morgan fingerprint density at radius 1 is 1.04 bits per heavy atom. The molecule has 0 atom stereocenters. The maximum atomic E-state index is 12.6. The third-order valence-electron chi connectivity index (χ3n) is 4.14. The monoisotopic (exact) mass is 376 g/mol. The summed E-state index contributed by atoms with van der Waals surface area (Å²) < 4.78 is 5.26. The van der Waals surface area contributed by atoms with E-state index in [2.05, 4.69) is 9.97 Å². The quantitative estimate of drug-likeness (QED) is 0.536. The fraction of sp³-hybridized carbons (Fsp3) is 0.0952. The molecule has 0 aliphatic carbocycles. The van der Waals surface area contributed by atoms with Crippen molar-refractivity contribution in [2.45, 2.75) is 13.0 Å². The first-order valence-electron chi connectivity index (χ1n) is 8.46. The highest BCUT2D eigenvalue weighted by atomic mass is 32.1. The summed E-state index contributed by atoms with van der Waals surface area (Å²) >= 11 is 1.40. The molecule has 0 unspecified atom stereocenters. The standard InChI is InChI=1S/C21H16N2O3S/c24-18(11-14-7-3-1-4-8-14)26-12-17-22-20(25)19-16(13-27-21(19)23-17)15-9-5-2-6-10-15/h1-10,13H,11-12H2,(H,22,23,25). The van der Waals surface area contributed by atoms with Gasteiger partial charge in [-0.2, -0.15) is 0 Å². The van der Waals surface area contributed by atoms with Gasteiger partial charge in [0.05, 0.1) is 11.8 Å². The van der Waals surface area contributed by atoms with E-state index >= 15 is 0 Å². The van der Waals surface area contributed by atoms with Gasteiger partial charge in [0.2, 0.25) is 0 Å². The summed E-state index contributed by atoms with van der Waals surface area (Å²) in [4.78, 5) is 32.4. The summed E-state index contributed by atoms with van der Waals surface area (Å²) in [6.45, 7) is -0.0601. The van der Waals surface area contributed by atoms with E-state index in [9.17, 15) is 9.59 Å². The molecule has 1 N–H and O–H groups in total. The Balaban J connectivity index is 1.52. The van der Waals surface area contributed by atoms with E-state index in [4.69, 9.17) is 4.74 Å². The molecule has 4 rings (SSSR count). The molecule has 0 aliphatic rings. The highest BCUT2D eigenvalue weighted by Crippen LogP contribution is 2.30. The van der Waals surface area contributed by atoms with Crippen molar-refractivity contribution in [3.8, 4) is 11.1 Å². The second-order valence-corrected chi connectivity index (χ2v) is 6.89. The van der Waals surface area contributed by atoms with Gasteiger partial charge in [0.1, 0.15) is 17.3 Å². The smallest absolute Gasteiger partial charge is 0.310 e. The van der Waals surface area contributed by atoms with Gasteiger partial charge in [-0.1, -0.05) is 60.7 Å². The number of rotatable bonds is 5. The second-order valence-electron chi connectivity index (χ2n) is 6.03. The molecular formula is C21H16N2O3S. The number of nitrogens with zero attached hydrogens (tertiary/aromatic N) is 1. The predicted octanol–water partition coefficient (Wildman–Crippen LogP) is 3.94. The summed E-state index contributed by atoms with van der Waals surface area (Å²) in [6.07, 6.45) is 0.185. The molecule has 0 fully saturated rings. The Morgan fingerprint density at radius 3 is 2.48 bits per heavy atom. The lowest BCUT2D eigenvalue weighted by Crippen LogP contribution is -2.15. The van der Waals surface area contributed by atoms with Crippen molar-refractivity contribution in [1.29, 1.82) is 0 Å². The average molecular weight is 376 g/mol. The summed E-state index contributed by atoms with van der Waals surface area (Å²) in [5, 5.41) is 2.48.